The Morgan fingerprint density at radius 3 is 2.45 bits per heavy atom. The highest BCUT2D eigenvalue weighted by Gasteiger charge is 2.04. The van der Waals surface area contributed by atoms with Crippen molar-refractivity contribution < 1.29 is 4.74 Å². The number of methoxy groups -OCH3 is 1. The first kappa shape index (κ1) is 14.5. The van der Waals surface area contributed by atoms with Gasteiger partial charge in [0.25, 0.3) is 0 Å². The standard InChI is InChI=1S/C16H18N2OS/c1-19-12-11-13-7-5-6-10-15(13)18-16(20)17-14-8-3-2-4-9-14/h2-10H,11-12H2,1H3,(H2,17,18,20). The number of nitrogens with one attached hydrogen (secondary N) is 2. The fourth-order valence-corrected chi connectivity index (χ4v) is 2.11. The Morgan fingerprint density at radius 2 is 1.70 bits per heavy atom. The van der Waals surface area contributed by atoms with Crippen molar-refractivity contribution in [1.82, 2.24) is 0 Å². The SMILES string of the molecule is COCCc1ccccc1NC(=S)Nc1ccccc1. The lowest BCUT2D eigenvalue weighted by molar-refractivity contribution is 0.202. The lowest BCUT2D eigenvalue weighted by Gasteiger charge is -2.14. The molecule has 20 heavy (non-hydrogen) atoms. The van der Waals surface area contributed by atoms with E-state index < -0.39 is 0 Å². The maximum absolute atomic E-state index is 5.34. The van der Waals surface area contributed by atoms with Gasteiger partial charge in [-0.2, -0.15) is 0 Å². The second-order valence-electron chi connectivity index (χ2n) is 4.35. The monoisotopic (exact) mass is 286 g/mol. The summed E-state index contributed by atoms with van der Waals surface area (Å²) in [7, 11) is 1.71. The molecule has 2 aromatic carbocycles. The predicted octanol–water partition coefficient (Wildman–Crippen LogP) is 3.68. The molecule has 0 radical (unpaired) electrons. The molecule has 0 atom stereocenters. The summed E-state index contributed by atoms with van der Waals surface area (Å²) in [4.78, 5) is 0. The van der Waals surface area contributed by atoms with E-state index in [2.05, 4.69) is 16.7 Å². The lowest BCUT2D eigenvalue weighted by Crippen LogP contribution is -2.20. The molecule has 0 saturated carbocycles. The summed E-state index contributed by atoms with van der Waals surface area (Å²) in [6, 6.07) is 18.0. The molecule has 3 nitrogen and oxygen atoms in total. The molecule has 0 spiro atoms. The van der Waals surface area contributed by atoms with Gasteiger partial charge in [0.05, 0.1) is 6.61 Å². The maximum atomic E-state index is 5.34. The fraction of sp³-hybridized carbons (Fsp3) is 0.188. The molecule has 0 aromatic heterocycles. The van der Waals surface area contributed by atoms with Crippen molar-refractivity contribution in [2.24, 2.45) is 0 Å². The first-order valence-electron chi connectivity index (χ1n) is 6.49. The van der Waals surface area contributed by atoms with E-state index in [4.69, 9.17) is 17.0 Å². The van der Waals surface area contributed by atoms with Gasteiger partial charge in [0.15, 0.2) is 5.11 Å². The summed E-state index contributed by atoms with van der Waals surface area (Å²) < 4.78 is 5.13. The lowest BCUT2D eigenvalue weighted by atomic mass is 10.1. The second-order valence-corrected chi connectivity index (χ2v) is 4.75. The molecule has 0 unspecified atom stereocenters. The summed E-state index contributed by atoms with van der Waals surface area (Å²) in [5, 5.41) is 6.98. The summed E-state index contributed by atoms with van der Waals surface area (Å²) in [6.45, 7) is 0.692. The van der Waals surface area contributed by atoms with Gasteiger partial charge in [-0.15, -0.1) is 0 Å². The predicted molar refractivity (Wildman–Crippen MR) is 88.3 cm³/mol. The van der Waals surface area contributed by atoms with E-state index in [0.717, 1.165) is 17.8 Å². The highest BCUT2D eigenvalue weighted by molar-refractivity contribution is 7.80. The van der Waals surface area contributed by atoms with Crippen LogP contribution in [0.1, 0.15) is 5.56 Å². The smallest absolute Gasteiger partial charge is 0.175 e. The normalized spacial score (nSPS) is 10.1. The molecule has 104 valence electrons. The van der Waals surface area contributed by atoms with Crippen molar-refractivity contribution in [2.45, 2.75) is 6.42 Å². The highest BCUT2D eigenvalue weighted by Crippen LogP contribution is 2.16. The van der Waals surface area contributed by atoms with E-state index in [0.29, 0.717) is 11.7 Å². The quantitative estimate of drug-likeness (QED) is 0.821. The Kier molecular flexibility index (Phi) is 5.53. The van der Waals surface area contributed by atoms with Crippen molar-refractivity contribution in [3.63, 3.8) is 0 Å². The molecular weight excluding hydrogens is 268 g/mol. The molecule has 0 heterocycles. The minimum absolute atomic E-state index is 0.584. The van der Waals surface area contributed by atoms with Crippen molar-refractivity contribution in [1.29, 1.82) is 0 Å². The number of ether oxygens (including phenoxy) is 1. The zero-order valence-corrected chi connectivity index (χ0v) is 12.2. The number of benzene rings is 2. The van der Waals surface area contributed by atoms with Crippen molar-refractivity contribution in [2.75, 3.05) is 24.4 Å². The van der Waals surface area contributed by atoms with Crippen LogP contribution in [0.25, 0.3) is 0 Å². The Hall–Kier alpha value is -1.91. The van der Waals surface area contributed by atoms with Crippen molar-refractivity contribution >= 4 is 28.7 Å². The third kappa shape index (κ3) is 4.33. The van der Waals surface area contributed by atoms with Crippen LogP contribution >= 0.6 is 12.2 Å². The van der Waals surface area contributed by atoms with E-state index in [1.54, 1.807) is 7.11 Å². The van der Waals surface area contributed by atoms with Crippen molar-refractivity contribution in [3.8, 4) is 0 Å². The average Bonchev–Trinajstić information content (AvgIpc) is 2.47. The molecule has 0 aliphatic rings. The minimum Gasteiger partial charge on any atom is -0.384 e. The summed E-state index contributed by atoms with van der Waals surface area (Å²) in [6.07, 6.45) is 0.855. The number of hydrogen-bond donors (Lipinski definition) is 2. The van der Waals surface area contributed by atoms with Gasteiger partial charge in [-0.25, -0.2) is 0 Å². The van der Waals surface area contributed by atoms with Crippen LogP contribution in [0.4, 0.5) is 11.4 Å². The molecule has 4 heteroatoms. The first-order valence-corrected chi connectivity index (χ1v) is 6.90. The number of thiocarbonyl (C=S) groups is 1. The third-order valence-electron chi connectivity index (χ3n) is 2.87. The van der Waals surface area contributed by atoms with Crippen LogP contribution in [0.3, 0.4) is 0 Å². The van der Waals surface area contributed by atoms with Crippen LogP contribution in [-0.2, 0) is 11.2 Å². The van der Waals surface area contributed by atoms with Crippen LogP contribution in [-0.4, -0.2) is 18.8 Å². The molecule has 2 N–H and O–H groups in total. The highest BCUT2D eigenvalue weighted by atomic mass is 32.1. The number of rotatable bonds is 5. The van der Waals surface area contributed by atoms with E-state index in [1.165, 1.54) is 5.56 Å². The average molecular weight is 286 g/mol. The van der Waals surface area contributed by atoms with Crippen LogP contribution in [0.5, 0.6) is 0 Å². The molecule has 2 aromatic rings. The molecule has 0 fully saturated rings. The molecular formula is C16H18N2OS. The summed E-state index contributed by atoms with van der Waals surface area (Å²) >= 11 is 5.34. The molecule has 0 aliphatic carbocycles. The van der Waals surface area contributed by atoms with Crippen LogP contribution < -0.4 is 10.6 Å². The van der Waals surface area contributed by atoms with Crippen LogP contribution in [0, 0.1) is 0 Å². The third-order valence-corrected chi connectivity index (χ3v) is 3.08. The number of para-hydroxylation sites is 2. The van der Waals surface area contributed by atoms with Gasteiger partial charge in [0.1, 0.15) is 0 Å². The van der Waals surface area contributed by atoms with Gasteiger partial charge >= 0.3 is 0 Å². The first-order chi connectivity index (χ1) is 9.79. The van der Waals surface area contributed by atoms with Crippen molar-refractivity contribution in [3.05, 3.63) is 60.2 Å². The molecule has 0 amide bonds. The summed E-state index contributed by atoms with van der Waals surface area (Å²) in [5.41, 5.74) is 3.17. The molecule has 2 rings (SSSR count). The van der Waals surface area contributed by atoms with E-state index in [1.807, 2.05) is 48.5 Å². The van der Waals surface area contributed by atoms with Gasteiger partial charge < -0.3 is 15.4 Å². The van der Waals surface area contributed by atoms with E-state index in [-0.39, 0.29) is 0 Å². The van der Waals surface area contributed by atoms with Gasteiger partial charge in [-0.3, -0.25) is 0 Å². The Bertz CT molecular complexity index is 557. The van der Waals surface area contributed by atoms with Gasteiger partial charge in [0.2, 0.25) is 0 Å². The van der Waals surface area contributed by atoms with E-state index in [9.17, 15) is 0 Å². The van der Waals surface area contributed by atoms with E-state index >= 15 is 0 Å². The zero-order valence-electron chi connectivity index (χ0n) is 11.4. The fourth-order valence-electron chi connectivity index (χ4n) is 1.88. The minimum atomic E-state index is 0.584. The van der Waals surface area contributed by atoms with Gasteiger partial charge in [0, 0.05) is 18.5 Å². The molecule has 0 saturated heterocycles. The second kappa shape index (κ2) is 7.62. The van der Waals surface area contributed by atoms with Crippen LogP contribution in [0.2, 0.25) is 0 Å². The molecule has 0 aliphatic heterocycles. The topological polar surface area (TPSA) is 33.3 Å². The van der Waals surface area contributed by atoms with Gasteiger partial charge in [-0.05, 0) is 42.4 Å². The number of anilines is 2. The maximum Gasteiger partial charge on any atom is 0.175 e. The molecule has 0 bridgehead atoms. The largest absolute Gasteiger partial charge is 0.384 e. The Morgan fingerprint density at radius 1 is 1.00 bits per heavy atom. The Balaban J connectivity index is 2.00. The zero-order chi connectivity index (χ0) is 14.2. The Labute approximate surface area is 125 Å². The summed E-state index contributed by atoms with van der Waals surface area (Å²) in [5.74, 6) is 0. The van der Waals surface area contributed by atoms with Gasteiger partial charge in [-0.1, -0.05) is 36.4 Å². The van der Waals surface area contributed by atoms with Crippen LogP contribution in [0.15, 0.2) is 54.6 Å². The number of hydrogen-bond acceptors (Lipinski definition) is 2.